The van der Waals surface area contributed by atoms with Crippen molar-refractivity contribution >= 4 is 16.1 Å². The molecule has 35 heavy (non-hydrogen) atoms. The molecule has 4 fully saturated rings. The molecule has 1 aromatic rings. The summed E-state index contributed by atoms with van der Waals surface area (Å²) in [6, 6.07) is 2.99. The molecule has 4 aliphatic rings. The van der Waals surface area contributed by atoms with Gasteiger partial charge in [0, 0.05) is 13.8 Å². The molecule has 0 spiro atoms. The van der Waals surface area contributed by atoms with E-state index in [1.54, 1.807) is 13.8 Å². The van der Waals surface area contributed by atoms with Gasteiger partial charge in [-0.25, -0.2) is 4.79 Å². The summed E-state index contributed by atoms with van der Waals surface area (Å²) in [5.41, 5.74) is -0.578. The van der Waals surface area contributed by atoms with Gasteiger partial charge in [-0.05, 0) is 74.5 Å². The molecule has 4 aliphatic carbocycles. The van der Waals surface area contributed by atoms with Gasteiger partial charge in [-0.1, -0.05) is 0 Å². The summed E-state index contributed by atoms with van der Waals surface area (Å²) in [6.07, 6.45) is 1.23. The fourth-order valence-corrected chi connectivity index (χ4v) is 6.50. The molecule has 4 bridgehead atoms. The minimum absolute atomic E-state index is 0.185. The molecule has 0 atom stereocenters. The second kappa shape index (κ2) is 9.11. The molecule has 12 heteroatoms. The van der Waals surface area contributed by atoms with Gasteiger partial charge in [0.25, 0.3) is 10.1 Å². The molecule has 0 aromatic heterocycles. The molecule has 4 saturated carbocycles. The van der Waals surface area contributed by atoms with Gasteiger partial charge in [0.15, 0.2) is 11.5 Å². The zero-order chi connectivity index (χ0) is 25.6. The lowest BCUT2D eigenvalue weighted by Crippen LogP contribution is -2.55. The second-order valence-electron chi connectivity index (χ2n) is 10.3. The van der Waals surface area contributed by atoms with Crippen molar-refractivity contribution in [1.29, 1.82) is 0 Å². The molecule has 0 aliphatic heterocycles. The van der Waals surface area contributed by atoms with Gasteiger partial charge in [0.1, 0.15) is 12.4 Å². The standard InChI is InChI=1S/C23H29F3O8S/c1-21(2,34-22-11-14-7-15(12-22)9-16(8-14)13-22)32-19-10-17(3-4-18(19)33-23(24,25)26)20(27)31-5-6-35(28,29)30/h3-4,10,14-16H,5-9,11-13H2,1-2H3,(H,28,29,30). The van der Waals surface area contributed by atoms with Gasteiger partial charge in [0.2, 0.25) is 5.79 Å². The van der Waals surface area contributed by atoms with Crippen LogP contribution in [0.1, 0.15) is 62.7 Å². The van der Waals surface area contributed by atoms with Crippen molar-refractivity contribution < 1.29 is 49.9 Å². The van der Waals surface area contributed by atoms with E-state index in [-0.39, 0.29) is 11.3 Å². The SMILES string of the molecule is CC(C)(Oc1cc(C(=O)OCCS(=O)(=O)O)ccc1OC(F)(F)F)OC12CC3CC(CC(C3)C1)C2. The van der Waals surface area contributed by atoms with Gasteiger partial charge in [-0.3, -0.25) is 4.55 Å². The molecule has 0 saturated heterocycles. The highest BCUT2D eigenvalue weighted by Gasteiger charge is 2.54. The number of esters is 1. The number of hydrogen-bond acceptors (Lipinski definition) is 7. The predicted molar refractivity (Wildman–Crippen MR) is 117 cm³/mol. The number of alkyl halides is 3. The van der Waals surface area contributed by atoms with Crippen LogP contribution in [0, 0.1) is 17.8 Å². The van der Waals surface area contributed by atoms with E-state index in [1.165, 1.54) is 19.3 Å². The van der Waals surface area contributed by atoms with Gasteiger partial charge >= 0.3 is 12.3 Å². The summed E-state index contributed by atoms with van der Waals surface area (Å²) in [4.78, 5) is 12.3. The van der Waals surface area contributed by atoms with Crippen LogP contribution in [-0.2, 0) is 19.6 Å². The normalized spacial score (nSPS) is 28.1. The van der Waals surface area contributed by atoms with Crippen LogP contribution >= 0.6 is 0 Å². The minimum atomic E-state index is -5.00. The zero-order valence-corrected chi connectivity index (χ0v) is 20.3. The highest BCUT2D eigenvalue weighted by atomic mass is 32.2. The lowest BCUT2D eigenvalue weighted by molar-refractivity contribution is -0.283. The Morgan fingerprint density at radius 1 is 1.03 bits per heavy atom. The third kappa shape index (κ3) is 6.79. The van der Waals surface area contributed by atoms with E-state index in [0.717, 1.165) is 37.5 Å². The predicted octanol–water partition coefficient (Wildman–Crippen LogP) is 4.73. The van der Waals surface area contributed by atoms with Crippen LogP contribution in [0.25, 0.3) is 0 Å². The molecule has 8 nitrogen and oxygen atoms in total. The van der Waals surface area contributed by atoms with Crippen molar-refractivity contribution in [2.45, 2.75) is 70.1 Å². The van der Waals surface area contributed by atoms with Crippen LogP contribution in [0.15, 0.2) is 18.2 Å². The topological polar surface area (TPSA) is 108 Å². The van der Waals surface area contributed by atoms with Crippen molar-refractivity contribution in [3.05, 3.63) is 23.8 Å². The molecule has 0 amide bonds. The maximum Gasteiger partial charge on any atom is 0.573 e. The molecule has 1 N–H and O–H groups in total. The molecule has 0 unspecified atom stereocenters. The molecule has 0 heterocycles. The highest BCUT2D eigenvalue weighted by molar-refractivity contribution is 7.85. The third-order valence-electron chi connectivity index (χ3n) is 6.78. The van der Waals surface area contributed by atoms with Crippen LogP contribution in [0.3, 0.4) is 0 Å². The van der Waals surface area contributed by atoms with Crippen molar-refractivity contribution in [2.24, 2.45) is 17.8 Å². The monoisotopic (exact) mass is 522 g/mol. The van der Waals surface area contributed by atoms with Gasteiger partial charge in [-0.2, -0.15) is 8.42 Å². The van der Waals surface area contributed by atoms with E-state index in [0.29, 0.717) is 17.8 Å². The second-order valence-corrected chi connectivity index (χ2v) is 11.9. The largest absolute Gasteiger partial charge is 0.573 e. The van der Waals surface area contributed by atoms with Crippen molar-refractivity contribution in [2.75, 3.05) is 12.4 Å². The first-order valence-corrected chi connectivity index (χ1v) is 13.1. The average Bonchev–Trinajstić information content (AvgIpc) is 2.65. The van der Waals surface area contributed by atoms with Crippen molar-refractivity contribution in [3.8, 4) is 11.5 Å². The number of rotatable bonds is 9. The number of hydrogen-bond donors (Lipinski definition) is 1. The van der Waals surface area contributed by atoms with Crippen LogP contribution in [0.4, 0.5) is 13.2 Å². The van der Waals surface area contributed by atoms with E-state index in [9.17, 15) is 26.4 Å². The summed E-state index contributed by atoms with van der Waals surface area (Å²) in [5.74, 6) is -2.43. The van der Waals surface area contributed by atoms with Crippen LogP contribution in [0.5, 0.6) is 11.5 Å². The summed E-state index contributed by atoms with van der Waals surface area (Å²) >= 11 is 0. The Morgan fingerprint density at radius 2 is 1.60 bits per heavy atom. The smallest absolute Gasteiger partial charge is 0.461 e. The molecule has 5 rings (SSSR count). The first-order valence-electron chi connectivity index (χ1n) is 11.5. The van der Waals surface area contributed by atoms with Gasteiger partial charge in [-0.15, -0.1) is 13.2 Å². The summed E-state index contributed by atoms with van der Waals surface area (Å²) in [5, 5.41) is 0. The Bertz CT molecular complexity index is 1030. The highest BCUT2D eigenvalue weighted by Crippen LogP contribution is 2.58. The first kappa shape index (κ1) is 26.0. The Morgan fingerprint density at radius 3 is 2.11 bits per heavy atom. The lowest BCUT2D eigenvalue weighted by Gasteiger charge is -2.57. The summed E-state index contributed by atoms with van der Waals surface area (Å²) in [6.45, 7) is 2.59. The van der Waals surface area contributed by atoms with Gasteiger partial charge < -0.3 is 18.9 Å². The number of halogens is 3. The number of ether oxygens (including phenoxy) is 4. The third-order valence-corrected chi connectivity index (χ3v) is 7.46. The van der Waals surface area contributed by atoms with Crippen LogP contribution in [-0.4, -0.2) is 49.1 Å². The van der Waals surface area contributed by atoms with Crippen molar-refractivity contribution in [1.82, 2.24) is 0 Å². The maximum absolute atomic E-state index is 13.0. The van der Waals surface area contributed by atoms with E-state index < -0.39 is 51.9 Å². The van der Waals surface area contributed by atoms with Crippen LogP contribution < -0.4 is 9.47 Å². The molecule has 196 valence electrons. The molecular formula is C23H29F3O8S. The van der Waals surface area contributed by atoms with E-state index in [1.807, 2.05) is 0 Å². The summed E-state index contributed by atoms with van der Waals surface area (Å²) < 4.78 is 90.6. The van der Waals surface area contributed by atoms with Crippen molar-refractivity contribution in [3.63, 3.8) is 0 Å². The molecule has 1 aromatic carbocycles. The minimum Gasteiger partial charge on any atom is -0.461 e. The fourth-order valence-electron chi connectivity index (χ4n) is 6.21. The molecular weight excluding hydrogens is 493 g/mol. The number of benzene rings is 1. The quantitative estimate of drug-likeness (QED) is 0.282. The Labute approximate surface area is 201 Å². The number of carbonyl (C=O) groups excluding carboxylic acids is 1. The zero-order valence-electron chi connectivity index (χ0n) is 19.5. The Balaban J connectivity index is 1.52. The maximum atomic E-state index is 13.0. The Hall–Kier alpha value is -2.05. The lowest BCUT2D eigenvalue weighted by atomic mass is 9.54. The van der Waals surface area contributed by atoms with Gasteiger partial charge in [0.05, 0.1) is 11.2 Å². The first-order chi connectivity index (χ1) is 16.1. The van der Waals surface area contributed by atoms with Crippen LogP contribution in [0.2, 0.25) is 0 Å². The van der Waals surface area contributed by atoms with E-state index in [4.69, 9.17) is 18.8 Å². The summed E-state index contributed by atoms with van der Waals surface area (Å²) in [7, 11) is -4.35. The fraction of sp³-hybridized carbons (Fsp3) is 0.696. The molecule has 0 radical (unpaired) electrons. The van der Waals surface area contributed by atoms with E-state index >= 15 is 0 Å². The average molecular weight is 523 g/mol. The van der Waals surface area contributed by atoms with E-state index in [2.05, 4.69) is 4.74 Å². The Kier molecular flexibility index (Phi) is 6.78. The number of carbonyl (C=O) groups is 1.